The molecule has 3 nitrogen and oxygen atoms in total. The summed E-state index contributed by atoms with van der Waals surface area (Å²) in [6, 6.07) is 8.79. The quantitative estimate of drug-likeness (QED) is 0.656. The van der Waals surface area contributed by atoms with Crippen molar-refractivity contribution in [1.82, 2.24) is 4.57 Å². The largest absolute Gasteiger partial charge is 0.489 e. The Morgan fingerprint density at radius 3 is 2.63 bits per heavy atom. The first-order valence-electron chi connectivity index (χ1n) is 8.37. The summed E-state index contributed by atoms with van der Waals surface area (Å²) in [6.45, 7) is 3.63. The van der Waals surface area contributed by atoms with E-state index in [-0.39, 0.29) is 17.7 Å². The summed E-state index contributed by atoms with van der Waals surface area (Å²) in [5.41, 5.74) is 2.39. The van der Waals surface area contributed by atoms with Crippen LogP contribution in [-0.2, 0) is 0 Å². The highest BCUT2D eigenvalue weighted by atomic mass is 79.9. The highest BCUT2D eigenvalue weighted by molar-refractivity contribution is 9.10. The van der Waals surface area contributed by atoms with Gasteiger partial charge < -0.3 is 4.74 Å². The maximum atomic E-state index is 13.9. The molecule has 0 radical (unpaired) electrons. The van der Waals surface area contributed by atoms with Gasteiger partial charge in [0, 0.05) is 27.9 Å². The average molecular weight is 434 g/mol. The van der Waals surface area contributed by atoms with Crippen molar-refractivity contribution in [2.45, 2.75) is 20.0 Å². The van der Waals surface area contributed by atoms with Gasteiger partial charge in [-0.3, -0.25) is 9.36 Å². The van der Waals surface area contributed by atoms with Gasteiger partial charge in [0.25, 0.3) is 5.56 Å². The molecule has 3 rings (SSSR count). The SMILES string of the molecule is Cc1ccc(Br)cc1-n1c(C)cc(OCC2=C(F)C=CC(F)C=C2)cc1=O. The molecule has 1 aromatic carbocycles. The molecule has 0 bridgehead atoms. The number of nitrogens with zero attached hydrogens (tertiary/aromatic N) is 1. The van der Waals surface area contributed by atoms with E-state index in [4.69, 9.17) is 4.74 Å². The first-order chi connectivity index (χ1) is 12.8. The van der Waals surface area contributed by atoms with Gasteiger partial charge in [-0.25, -0.2) is 8.78 Å². The number of aryl methyl sites for hydroxylation is 2. The molecule has 0 saturated carbocycles. The summed E-state index contributed by atoms with van der Waals surface area (Å²) >= 11 is 3.42. The lowest BCUT2D eigenvalue weighted by Crippen LogP contribution is -2.21. The van der Waals surface area contributed by atoms with Crippen LogP contribution in [0.15, 0.2) is 75.3 Å². The molecule has 0 aliphatic heterocycles. The molecule has 1 unspecified atom stereocenters. The Morgan fingerprint density at radius 1 is 1.15 bits per heavy atom. The van der Waals surface area contributed by atoms with Crippen LogP contribution in [0.4, 0.5) is 8.78 Å². The summed E-state index contributed by atoms with van der Waals surface area (Å²) in [7, 11) is 0. The predicted octanol–water partition coefficient (Wildman–Crippen LogP) is 5.28. The molecular formula is C21H18BrF2NO2. The summed E-state index contributed by atoms with van der Waals surface area (Å²) in [4.78, 5) is 12.6. The number of alkyl halides is 1. The Hall–Kier alpha value is -2.47. The normalized spacial score (nSPS) is 16.6. The fourth-order valence-electron chi connectivity index (χ4n) is 2.80. The lowest BCUT2D eigenvalue weighted by Gasteiger charge is -2.15. The third kappa shape index (κ3) is 4.45. The van der Waals surface area contributed by atoms with Crippen LogP contribution in [0.3, 0.4) is 0 Å². The van der Waals surface area contributed by atoms with E-state index < -0.39 is 12.0 Å². The fourth-order valence-corrected chi connectivity index (χ4v) is 3.15. The van der Waals surface area contributed by atoms with Crippen molar-refractivity contribution >= 4 is 15.9 Å². The van der Waals surface area contributed by atoms with Crippen LogP contribution in [0.5, 0.6) is 5.75 Å². The van der Waals surface area contributed by atoms with Gasteiger partial charge in [0.15, 0.2) is 0 Å². The van der Waals surface area contributed by atoms with Gasteiger partial charge in [0.1, 0.15) is 24.4 Å². The molecule has 0 spiro atoms. The number of allylic oxidation sites excluding steroid dienone is 4. The topological polar surface area (TPSA) is 31.2 Å². The molecule has 0 saturated heterocycles. The molecule has 140 valence electrons. The number of pyridine rings is 1. The minimum atomic E-state index is -1.33. The van der Waals surface area contributed by atoms with Gasteiger partial charge in [-0.2, -0.15) is 0 Å². The molecule has 0 amide bonds. The highest BCUT2D eigenvalue weighted by Gasteiger charge is 2.12. The molecular weight excluding hydrogens is 416 g/mol. The molecule has 27 heavy (non-hydrogen) atoms. The van der Waals surface area contributed by atoms with Crippen molar-refractivity contribution in [1.29, 1.82) is 0 Å². The summed E-state index contributed by atoms with van der Waals surface area (Å²) in [5.74, 6) is -0.221. The Labute approximate surface area is 164 Å². The van der Waals surface area contributed by atoms with Crippen LogP contribution in [0.2, 0.25) is 0 Å². The Morgan fingerprint density at radius 2 is 1.89 bits per heavy atom. The van der Waals surface area contributed by atoms with E-state index in [1.165, 1.54) is 18.2 Å². The van der Waals surface area contributed by atoms with Crippen LogP contribution in [0, 0.1) is 13.8 Å². The van der Waals surface area contributed by atoms with E-state index in [2.05, 4.69) is 15.9 Å². The summed E-state index contributed by atoms with van der Waals surface area (Å²) in [6.07, 6.45) is 3.50. The van der Waals surface area contributed by atoms with Gasteiger partial charge in [0.2, 0.25) is 0 Å². The Kier molecular flexibility index (Phi) is 5.75. The van der Waals surface area contributed by atoms with E-state index in [0.29, 0.717) is 11.4 Å². The van der Waals surface area contributed by atoms with Crippen molar-refractivity contribution in [2.24, 2.45) is 0 Å². The third-order valence-corrected chi connectivity index (χ3v) is 4.70. The van der Waals surface area contributed by atoms with E-state index in [0.717, 1.165) is 27.9 Å². The van der Waals surface area contributed by atoms with Crippen LogP contribution >= 0.6 is 15.9 Å². The van der Waals surface area contributed by atoms with Crippen LogP contribution in [0.1, 0.15) is 11.3 Å². The molecule has 1 heterocycles. The summed E-state index contributed by atoms with van der Waals surface area (Å²) in [5, 5.41) is 0. The van der Waals surface area contributed by atoms with Gasteiger partial charge in [-0.1, -0.05) is 28.1 Å². The second-order valence-electron chi connectivity index (χ2n) is 6.26. The van der Waals surface area contributed by atoms with Gasteiger partial charge >= 0.3 is 0 Å². The van der Waals surface area contributed by atoms with Crippen molar-refractivity contribution < 1.29 is 13.5 Å². The number of ether oxygens (including phenoxy) is 1. The Bertz CT molecular complexity index is 1020. The van der Waals surface area contributed by atoms with Crippen molar-refractivity contribution in [3.05, 3.63) is 92.1 Å². The van der Waals surface area contributed by atoms with E-state index >= 15 is 0 Å². The van der Waals surface area contributed by atoms with E-state index in [1.807, 2.05) is 25.1 Å². The fraction of sp³-hybridized carbons (Fsp3) is 0.190. The number of halogens is 3. The number of rotatable bonds is 4. The zero-order chi connectivity index (χ0) is 19.6. The lowest BCUT2D eigenvalue weighted by molar-refractivity contribution is 0.350. The van der Waals surface area contributed by atoms with Crippen molar-refractivity contribution in [3.63, 3.8) is 0 Å². The standard InChI is InChI=1S/C21H18BrF2NO2/c1-13-3-5-16(22)10-20(13)25-14(2)9-18(11-21(25)26)27-12-15-4-6-17(23)7-8-19(15)24/h3-11,17H,12H2,1-2H3. The first-order valence-corrected chi connectivity index (χ1v) is 9.16. The molecule has 1 atom stereocenters. The Balaban J connectivity index is 1.88. The predicted molar refractivity (Wildman–Crippen MR) is 106 cm³/mol. The maximum absolute atomic E-state index is 13.9. The molecule has 1 aliphatic rings. The summed E-state index contributed by atoms with van der Waals surface area (Å²) < 4.78 is 35.3. The minimum Gasteiger partial charge on any atom is -0.489 e. The molecule has 1 aromatic heterocycles. The van der Waals surface area contributed by atoms with Crippen LogP contribution < -0.4 is 10.3 Å². The smallest absolute Gasteiger partial charge is 0.259 e. The zero-order valence-electron chi connectivity index (χ0n) is 14.9. The van der Waals surface area contributed by atoms with E-state index in [1.54, 1.807) is 17.6 Å². The molecule has 2 aromatic rings. The zero-order valence-corrected chi connectivity index (χ0v) is 16.5. The third-order valence-electron chi connectivity index (χ3n) is 4.21. The number of hydrogen-bond donors (Lipinski definition) is 0. The van der Waals surface area contributed by atoms with E-state index in [9.17, 15) is 13.6 Å². The molecule has 6 heteroatoms. The molecule has 0 fully saturated rings. The molecule has 1 aliphatic carbocycles. The minimum absolute atomic E-state index is 0.0990. The highest BCUT2D eigenvalue weighted by Crippen LogP contribution is 2.22. The van der Waals surface area contributed by atoms with Crippen molar-refractivity contribution in [2.75, 3.05) is 6.61 Å². The second kappa shape index (κ2) is 8.05. The van der Waals surface area contributed by atoms with Crippen LogP contribution in [0.25, 0.3) is 5.69 Å². The second-order valence-corrected chi connectivity index (χ2v) is 7.18. The lowest BCUT2D eigenvalue weighted by atomic mass is 10.2. The van der Waals surface area contributed by atoms with Crippen molar-refractivity contribution in [3.8, 4) is 11.4 Å². The van der Waals surface area contributed by atoms with Gasteiger partial charge in [0.05, 0.1) is 5.69 Å². The average Bonchev–Trinajstić information content (AvgIpc) is 2.77. The van der Waals surface area contributed by atoms with Gasteiger partial charge in [-0.05, 0) is 49.8 Å². The maximum Gasteiger partial charge on any atom is 0.259 e. The number of benzene rings is 1. The number of hydrogen-bond acceptors (Lipinski definition) is 2. The van der Waals surface area contributed by atoms with Crippen LogP contribution in [-0.4, -0.2) is 17.3 Å². The first kappa shape index (κ1) is 19.3. The monoisotopic (exact) mass is 433 g/mol. The molecule has 0 N–H and O–H groups in total. The number of aromatic nitrogens is 1. The van der Waals surface area contributed by atoms with Gasteiger partial charge in [-0.15, -0.1) is 0 Å².